The summed E-state index contributed by atoms with van der Waals surface area (Å²) in [5, 5.41) is 3.39. The van der Waals surface area contributed by atoms with Crippen molar-refractivity contribution in [3.05, 3.63) is 73.9 Å². The second kappa shape index (κ2) is 8.63. The van der Waals surface area contributed by atoms with Gasteiger partial charge in [0.15, 0.2) is 0 Å². The van der Waals surface area contributed by atoms with Crippen LogP contribution in [0.3, 0.4) is 0 Å². The van der Waals surface area contributed by atoms with E-state index in [-0.39, 0.29) is 5.91 Å². The fourth-order valence-corrected chi connectivity index (χ4v) is 3.38. The van der Waals surface area contributed by atoms with Gasteiger partial charge in [-0.25, -0.2) is 9.36 Å². The van der Waals surface area contributed by atoms with Crippen LogP contribution in [0.15, 0.2) is 52.1 Å². The smallest absolute Gasteiger partial charge is 0.336 e. The lowest BCUT2D eigenvalue weighted by atomic mass is 10.2. The number of hydrogen-bond donors (Lipinski definition) is 1. The zero-order valence-electron chi connectivity index (χ0n) is 16.4. The summed E-state index contributed by atoms with van der Waals surface area (Å²) >= 11 is 6.12. The average molecular weight is 416 g/mol. The number of nitrogens with one attached hydrogen (secondary N) is 1. The Morgan fingerprint density at radius 2 is 1.97 bits per heavy atom. The van der Waals surface area contributed by atoms with Crippen LogP contribution in [-0.4, -0.2) is 35.3 Å². The van der Waals surface area contributed by atoms with E-state index in [1.807, 2.05) is 13.0 Å². The van der Waals surface area contributed by atoms with Gasteiger partial charge < -0.3 is 10.1 Å². The number of amides is 1. The Hall–Kier alpha value is -2.90. The lowest BCUT2D eigenvalue weighted by molar-refractivity contribution is -0.124. The van der Waals surface area contributed by atoms with Gasteiger partial charge in [0.2, 0.25) is 5.91 Å². The molecule has 1 heterocycles. The number of carbonyl (C=O) groups excluding carboxylic acids is 1. The average Bonchev–Trinajstić information content (AvgIpc) is 2.68. The number of carbonyl (C=O) groups is 1. The molecule has 1 N–H and O–H groups in total. The predicted octanol–water partition coefficient (Wildman–Crippen LogP) is 2.44. The van der Waals surface area contributed by atoms with Crippen molar-refractivity contribution in [1.82, 2.24) is 14.5 Å². The third kappa shape index (κ3) is 4.11. The van der Waals surface area contributed by atoms with Crippen molar-refractivity contribution >= 4 is 28.4 Å². The summed E-state index contributed by atoms with van der Waals surface area (Å²) in [5.74, 6) is -0.361. The van der Waals surface area contributed by atoms with E-state index in [9.17, 15) is 14.4 Å². The van der Waals surface area contributed by atoms with Gasteiger partial charge in [0, 0.05) is 18.7 Å². The summed E-state index contributed by atoms with van der Waals surface area (Å²) in [6.07, 6.45) is 0. The van der Waals surface area contributed by atoms with Crippen molar-refractivity contribution in [2.75, 3.05) is 20.3 Å². The molecule has 0 unspecified atom stereocenters. The van der Waals surface area contributed by atoms with Gasteiger partial charge in [0.25, 0.3) is 5.56 Å². The van der Waals surface area contributed by atoms with Gasteiger partial charge in [-0.05, 0) is 49.7 Å². The molecule has 1 amide bonds. The minimum Gasteiger partial charge on any atom is -0.383 e. The molecule has 0 spiro atoms. The fraction of sp³-hybridized carbons (Fsp3) is 0.286. The molecule has 0 saturated carbocycles. The van der Waals surface area contributed by atoms with Crippen LogP contribution in [0.5, 0.6) is 0 Å². The van der Waals surface area contributed by atoms with E-state index in [0.29, 0.717) is 34.8 Å². The summed E-state index contributed by atoms with van der Waals surface area (Å²) in [5.41, 5.74) is 0.588. The van der Waals surface area contributed by atoms with Gasteiger partial charge >= 0.3 is 5.69 Å². The minimum absolute atomic E-state index is 0.298. The molecule has 2 aromatic carbocycles. The summed E-state index contributed by atoms with van der Waals surface area (Å²) in [7, 11) is 1.54. The van der Waals surface area contributed by atoms with E-state index in [1.54, 1.807) is 37.3 Å². The van der Waals surface area contributed by atoms with Crippen molar-refractivity contribution in [1.29, 1.82) is 0 Å². The molecule has 29 heavy (non-hydrogen) atoms. The van der Waals surface area contributed by atoms with Crippen LogP contribution in [0.4, 0.5) is 0 Å². The first-order valence-electron chi connectivity index (χ1n) is 9.15. The Morgan fingerprint density at radius 3 is 2.66 bits per heavy atom. The van der Waals surface area contributed by atoms with Gasteiger partial charge in [-0.1, -0.05) is 23.7 Å². The maximum absolute atomic E-state index is 13.4. The maximum atomic E-state index is 13.4. The first-order valence-corrected chi connectivity index (χ1v) is 9.53. The van der Waals surface area contributed by atoms with E-state index >= 15 is 0 Å². The predicted molar refractivity (Wildman–Crippen MR) is 113 cm³/mol. The third-order valence-corrected chi connectivity index (χ3v) is 4.92. The molecule has 1 atom stereocenters. The molecule has 8 heteroatoms. The maximum Gasteiger partial charge on any atom is 0.336 e. The van der Waals surface area contributed by atoms with Gasteiger partial charge in [0.05, 0.1) is 23.2 Å². The van der Waals surface area contributed by atoms with Crippen LogP contribution in [-0.2, 0) is 9.53 Å². The van der Waals surface area contributed by atoms with E-state index in [1.165, 1.54) is 17.7 Å². The van der Waals surface area contributed by atoms with Crippen molar-refractivity contribution in [3.63, 3.8) is 0 Å². The molecule has 3 aromatic rings. The molecule has 0 fully saturated rings. The van der Waals surface area contributed by atoms with Crippen LogP contribution in [0.1, 0.15) is 18.5 Å². The largest absolute Gasteiger partial charge is 0.383 e. The van der Waals surface area contributed by atoms with Gasteiger partial charge in [0.1, 0.15) is 6.04 Å². The highest BCUT2D eigenvalue weighted by Gasteiger charge is 2.22. The van der Waals surface area contributed by atoms with Gasteiger partial charge in [-0.3, -0.25) is 14.2 Å². The number of benzene rings is 2. The van der Waals surface area contributed by atoms with Crippen LogP contribution in [0.25, 0.3) is 16.6 Å². The van der Waals surface area contributed by atoms with Crippen molar-refractivity contribution in [3.8, 4) is 5.69 Å². The highest BCUT2D eigenvalue weighted by Crippen LogP contribution is 2.19. The normalized spacial score (nSPS) is 12.1. The summed E-state index contributed by atoms with van der Waals surface area (Å²) in [6, 6.07) is 10.9. The Kier molecular flexibility index (Phi) is 6.20. The topological polar surface area (TPSA) is 82.3 Å². The van der Waals surface area contributed by atoms with E-state index in [0.717, 1.165) is 10.1 Å². The quantitative estimate of drug-likeness (QED) is 0.627. The zero-order valence-corrected chi connectivity index (χ0v) is 17.2. The Balaban J connectivity index is 2.28. The molecule has 1 aromatic heterocycles. The number of hydrogen-bond acceptors (Lipinski definition) is 4. The number of halogens is 1. The molecule has 0 aliphatic rings. The van der Waals surface area contributed by atoms with Crippen LogP contribution in [0, 0.1) is 6.92 Å². The Bertz CT molecular complexity index is 1180. The number of aromatic nitrogens is 2. The zero-order chi connectivity index (χ0) is 21.1. The molecule has 7 nitrogen and oxygen atoms in total. The van der Waals surface area contributed by atoms with Crippen molar-refractivity contribution < 1.29 is 9.53 Å². The Labute approximate surface area is 172 Å². The Morgan fingerprint density at radius 1 is 1.21 bits per heavy atom. The van der Waals surface area contributed by atoms with Crippen molar-refractivity contribution in [2.45, 2.75) is 19.9 Å². The minimum atomic E-state index is -0.864. The van der Waals surface area contributed by atoms with Crippen LogP contribution in [0.2, 0.25) is 5.02 Å². The number of methoxy groups -OCH3 is 1. The number of rotatable bonds is 6. The number of fused-ring (bicyclic) bond motifs is 1. The second-order valence-electron chi connectivity index (χ2n) is 6.75. The number of ether oxygens (including phenoxy) is 1. The SMILES string of the molecule is COCCNC(=O)[C@@H](C)n1c(=O)n(-c2cccc(C)c2)c(=O)c2ccc(Cl)cc21. The lowest BCUT2D eigenvalue weighted by Crippen LogP contribution is -2.44. The monoisotopic (exact) mass is 415 g/mol. The molecular formula is C21H22ClN3O4. The van der Waals surface area contributed by atoms with Gasteiger partial charge in [-0.15, -0.1) is 0 Å². The molecule has 0 aliphatic carbocycles. The summed E-state index contributed by atoms with van der Waals surface area (Å²) < 4.78 is 7.33. The molecule has 0 saturated heterocycles. The first-order chi connectivity index (χ1) is 13.8. The molecular weight excluding hydrogens is 394 g/mol. The first kappa shape index (κ1) is 20.8. The van der Waals surface area contributed by atoms with Crippen LogP contribution >= 0.6 is 11.6 Å². The number of aryl methyl sites for hydroxylation is 1. The van der Waals surface area contributed by atoms with E-state index in [4.69, 9.17) is 16.3 Å². The highest BCUT2D eigenvalue weighted by molar-refractivity contribution is 6.31. The lowest BCUT2D eigenvalue weighted by Gasteiger charge is -2.20. The molecule has 0 radical (unpaired) electrons. The molecule has 152 valence electrons. The summed E-state index contributed by atoms with van der Waals surface area (Å²) in [4.78, 5) is 39.1. The van der Waals surface area contributed by atoms with Crippen molar-refractivity contribution in [2.24, 2.45) is 0 Å². The molecule has 3 rings (SSSR count). The second-order valence-corrected chi connectivity index (χ2v) is 7.19. The van der Waals surface area contributed by atoms with E-state index in [2.05, 4.69) is 5.32 Å². The van der Waals surface area contributed by atoms with E-state index < -0.39 is 17.3 Å². The molecule has 0 aliphatic heterocycles. The van der Waals surface area contributed by atoms with Crippen LogP contribution < -0.4 is 16.6 Å². The fourth-order valence-electron chi connectivity index (χ4n) is 3.21. The molecule has 0 bridgehead atoms. The number of nitrogens with zero attached hydrogens (tertiary/aromatic N) is 2. The van der Waals surface area contributed by atoms with Gasteiger partial charge in [-0.2, -0.15) is 0 Å². The third-order valence-electron chi connectivity index (χ3n) is 4.68. The highest BCUT2D eigenvalue weighted by atomic mass is 35.5. The standard InChI is InChI=1S/C21H22ClN3O4/c1-13-5-4-6-16(11-13)25-20(27)17-8-7-15(22)12-18(17)24(21(25)28)14(2)19(26)23-9-10-29-3/h4-8,11-12,14H,9-10H2,1-3H3,(H,23,26)/t14-/m1/s1. The summed E-state index contributed by atoms with van der Waals surface area (Å²) in [6.45, 7) is 4.14.